The Morgan fingerprint density at radius 1 is 1.60 bits per heavy atom. The summed E-state index contributed by atoms with van der Waals surface area (Å²) in [6.45, 7) is 3.72. The Morgan fingerprint density at radius 2 is 2.40 bits per heavy atom. The lowest BCUT2D eigenvalue weighted by molar-refractivity contribution is -0.122. The third-order valence-electron chi connectivity index (χ3n) is 1.61. The van der Waals surface area contributed by atoms with E-state index in [1.807, 2.05) is 0 Å². The van der Waals surface area contributed by atoms with Crippen molar-refractivity contribution < 1.29 is 13.9 Å². The lowest BCUT2D eigenvalue weighted by Crippen LogP contribution is -2.28. The van der Waals surface area contributed by atoms with E-state index >= 15 is 0 Å². The SMILES string of the molecule is C=CCNC(=O)COc1cccc(F)c1. The molecule has 0 fully saturated rings. The second-order valence-corrected chi connectivity index (χ2v) is 2.84. The highest BCUT2D eigenvalue weighted by atomic mass is 19.1. The van der Waals surface area contributed by atoms with E-state index in [9.17, 15) is 9.18 Å². The molecular formula is C11H12FNO2. The molecule has 1 aromatic rings. The van der Waals surface area contributed by atoms with Gasteiger partial charge in [0.1, 0.15) is 11.6 Å². The van der Waals surface area contributed by atoms with Crippen LogP contribution in [-0.4, -0.2) is 19.1 Å². The average molecular weight is 209 g/mol. The lowest BCUT2D eigenvalue weighted by atomic mass is 10.3. The fourth-order valence-electron chi connectivity index (χ4n) is 0.943. The lowest BCUT2D eigenvalue weighted by Gasteiger charge is -2.05. The van der Waals surface area contributed by atoms with E-state index in [0.717, 1.165) is 0 Å². The minimum absolute atomic E-state index is 0.128. The number of ether oxygens (including phenoxy) is 1. The van der Waals surface area contributed by atoms with Gasteiger partial charge in [0.15, 0.2) is 6.61 Å². The van der Waals surface area contributed by atoms with Gasteiger partial charge in [-0.15, -0.1) is 6.58 Å². The maximum absolute atomic E-state index is 12.7. The number of hydrogen-bond donors (Lipinski definition) is 1. The fraction of sp³-hybridized carbons (Fsp3) is 0.182. The van der Waals surface area contributed by atoms with E-state index in [-0.39, 0.29) is 18.3 Å². The number of nitrogens with one attached hydrogen (secondary N) is 1. The summed E-state index contributed by atoms with van der Waals surface area (Å²) in [4.78, 5) is 11.1. The monoisotopic (exact) mass is 209 g/mol. The van der Waals surface area contributed by atoms with Gasteiger partial charge in [0.25, 0.3) is 5.91 Å². The molecule has 0 unspecified atom stereocenters. The Kier molecular flexibility index (Phi) is 4.34. The van der Waals surface area contributed by atoms with Gasteiger partial charge >= 0.3 is 0 Å². The van der Waals surface area contributed by atoms with E-state index in [2.05, 4.69) is 11.9 Å². The van der Waals surface area contributed by atoms with Crippen molar-refractivity contribution in [3.05, 3.63) is 42.7 Å². The van der Waals surface area contributed by atoms with Gasteiger partial charge < -0.3 is 10.1 Å². The van der Waals surface area contributed by atoms with Gasteiger partial charge in [-0.25, -0.2) is 4.39 Å². The average Bonchev–Trinajstić information content (AvgIpc) is 2.23. The van der Waals surface area contributed by atoms with E-state index < -0.39 is 0 Å². The molecule has 0 aliphatic carbocycles. The normalized spacial score (nSPS) is 9.40. The van der Waals surface area contributed by atoms with Crippen molar-refractivity contribution in [2.24, 2.45) is 0 Å². The molecule has 1 rings (SSSR count). The van der Waals surface area contributed by atoms with Gasteiger partial charge in [0.05, 0.1) is 0 Å². The first-order valence-corrected chi connectivity index (χ1v) is 4.48. The molecule has 0 bridgehead atoms. The van der Waals surface area contributed by atoms with Crippen LogP contribution in [-0.2, 0) is 4.79 Å². The molecule has 0 aliphatic heterocycles. The first-order valence-electron chi connectivity index (χ1n) is 4.48. The second-order valence-electron chi connectivity index (χ2n) is 2.84. The van der Waals surface area contributed by atoms with Crippen LogP contribution in [0.1, 0.15) is 0 Å². The van der Waals surface area contributed by atoms with Crippen LogP contribution in [0, 0.1) is 5.82 Å². The van der Waals surface area contributed by atoms with Gasteiger partial charge in [0, 0.05) is 12.6 Å². The molecule has 0 saturated heterocycles. The Labute approximate surface area is 87.6 Å². The molecule has 0 aliphatic rings. The van der Waals surface area contributed by atoms with Crippen LogP contribution >= 0.6 is 0 Å². The van der Waals surface area contributed by atoms with Crippen LogP contribution in [0.25, 0.3) is 0 Å². The van der Waals surface area contributed by atoms with Crippen molar-refractivity contribution in [1.82, 2.24) is 5.32 Å². The Morgan fingerprint density at radius 3 is 3.07 bits per heavy atom. The van der Waals surface area contributed by atoms with Crippen molar-refractivity contribution in [2.45, 2.75) is 0 Å². The summed E-state index contributed by atoms with van der Waals surface area (Å²) in [5, 5.41) is 2.54. The summed E-state index contributed by atoms with van der Waals surface area (Å²) in [5.74, 6) is -0.318. The maximum Gasteiger partial charge on any atom is 0.258 e. The standard InChI is InChI=1S/C11H12FNO2/c1-2-6-13-11(14)8-15-10-5-3-4-9(12)7-10/h2-5,7H,1,6,8H2,(H,13,14). The second kappa shape index (κ2) is 5.80. The molecule has 1 aromatic carbocycles. The highest BCUT2D eigenvalue weighted by molar-refractivity contribution is 5.77. The minimum Gasteiger partial charge on any atom is -0.484 e. The predicted molar refractivity (Wildman–Crippen MR) is 55.1 cm³/mol. The summed E-state index contributed by atoms with van der Waals surface area (Å²) < 4.78 is 17.8. The molecule has 4 heteroatoms. The van der Waals surface area contributed by atoms with Crippen molar-refractivity contribution in [3.63, 3.8) is 0 Å². The number of benzene rings is 1. The Balaban J connectivity index is 2.36. The number of carbonyl (C=O) groups is 1. The molecule has 0 atom stereocenters. The molecule has 0 aromatic heterocycles. The molecule has 1 amide bonds. The Hall–Kier alpha value is -1.84. The number of amides is 1. The molecule has 0 radical (unpaired) electrons. The first kappa shape index (κ1) is 11.2. The van der Waals surface area contributed by atoms with Crippen molar-refractivity contribution in [3.8, 4) is 5.75 Å². The molecule has 1 N–H and O–H groups in total. The van der Waals surface area contributed by atoms with Gasteiger partial charge in [-0.1, -0.05) is 12.1 Å². The van der Waals surface area contributed by atoms with Crippen LogP contribution in [0.4, 0.5) is 4.39 Å². The summed E-state index contributed by atoms with van der Waals surface area (Å²) in [6, 6.07) is 5.64. The number of carbonyl (C=O) groups excluding carboxylic acids is 1. The summed E-state index contributed by atoms with van der Waals surface area (Å²) >= 11 is 0. The molecular weight excluding hydrogens is 197 g/mol. The third kappa shape index (κ3) is 4.26. The highest BCUT2D eigenvalue weighted by Gasteiger charge is 2.01. The molecule has 0 heterocycles. The highest BCUT2D eigenvalue weighted by Crippen LogP contribution is 2.11. The van der Waals surface area contributed by atoms with E-state index in [4.69, 9.17) is 4.74 Å². The van der Waals surface area contributed by atoms with Gasteiger partial charge in [0.2, 0.25) is 0 Å². The molecule has 3 nitrogen and oxygen atoms in total. The van der Waals surface area contributed by atoms with Gasteiger partial charge in [-0.05, 0) is 12.1 Å². The van der Waals surface area contributed by atoms with Gasteiger partial charge in [-0.3, -0.25) is 4.79 Å². The third-order valence-corrected chi connectivity index (χ3v) is 1.61. The van der Waals surface area contributed by atoms with Crippen LogP contribution < -0.4 is 10.1 Å². The molecule has 0 saturated carbocycles. The number of rotatable bonds is 5. The van der Waals surface area contributed by atoms with Crippen LogP contribution in [0.15, 0.2) is 36.9 Å². The summed E-state index contributed by atoms with van der Waals surface area (Å²) in [7, 11) is 0. The molecule has 80 valence electrons. The zero-order chi connectivity index (χ0) is 11.1. The minimum atomic E-state index is -0.390. The van der Waals surface area contributed by atoms with Crippen molar-refractivity contribution in [2.75, 3.05) is 13.2 Å². The summed E-state index contributed by atoms with van der Waals surface area (Å²) in [6.07, 6.45) is 1.57. The van der Waals surface area contributed by atoms with E-state index in [1.54, 1.807) is 12.1 Å². The Bertz CT molecular complexity index is 352. The number of hydrogen-bond acceptors (Lipinski definition) is 2. The molecule has 15 heavy (non-hydrogen) atoms. The predicted octanol–water partition coefficient (Wildman–Crippen LogP) is 1.51. The van der Waals surface area contributed by atoms with Crippen molar-refractivity contribution in [1.29, 1.82) is 0 Å². The van der Waals surface area contributed by atoms with Crippen molar-refractivity contribution >= 4 is 5.91 Å². The fourth-order valence-corrected chi connectivity index (χ4v) is 0.943. The van der Waals surface area contributed by atoms with Crippen LogP contribution in [0.5, 0.6) is 5.75 Å². The van der Waals surface area contributed by atoms with Crippen LogP contribution in [0.3, 0.4) is 0 Å². The first-order chi connectivity index (χ1) is 7.22. The zero-order valence-corrected chi connectivity index (χ0v) is 8.20. The largest absolute Gasteiger partial charge is 0.484 e. The maximum atomic E-state index is 12.7. The summed E-state index contributed by atoms with van der Waals surface area (Å²) in [5.41, 5.74) is 0. The number of halogens is 1. The smallest absolute Gasteiger partial charge is 0.258 e. The van der Waals surface area contributed by atoms with Crippen LogP contribution in [0.2, 0.25) is 0 Å². The topological polar surface area (TPSA) is 38.3 Å². The van der Waals surface area contributed by atoms with E-state index in [1.165, 1.54) is 18.2 Å². The zero-order valence-electron chi connectivity index (χ0n) is 8.20. The quantitative estimate of drug-likeness (QED) is 0.746. The van der Waals surface area contributed by atoms with E-state index in [0.29, 0.717) is 12.3 Å². The van der Waals surface area contributed by atoms with Gasteiger partial charge in [-0.2, -0.15) is 0 Å². The molecule has 0 spiro atoms.